The van der Waals surface area contributed by atoms with E-state index in [1.807, 2.05) is 34.6 Å². The smallest absolute Gasteiger partial charge is 0.242 e. The second-order valence-corrected chi connectivity index (χ2v) is 5.14. The fourth-order valence-corrected chi connectivity index (χ4v) is 2.62. The molecule has 0 radical (unpaired) electrons. The molecular weight excluding hydrogens is 240 g/mol. The fourth-order valence-electron chi connectivity index (χ4n) is 2.62. The van der Waals surface area contributed by atoms with Gasteiger partial charge in [0.1, 0.15) is 6.54 Å². The van der Waals surface area contributed by atoms with Gasteiger partial charge in [0.2, 0.25) is 11.9 Å². The molecule has 0 spiro atoms. The molecule has 3 rings (SSSR count). The van der Waals surface area contributed by atoms with Crippen LogP contribution in [0.15, 0.2) is 18.2 Å². The summed E-state index contributed by atoms with van der Waals surface area (Å²) in [4.78, 5) is 18.4. The Morgan fingerprint density at radius 2 is 2.11 bits per heavy atom. The van der Waals surface area contributed by atoms with Gasteiger partial charge >= 0.3 is 0 Å². The van der Waals surface area contributed by atoms with Crippen LogP contribution < -0.4 is 5.73 Å². The van der Waals surface area contributed by atoms with Crippen molar-refractivity contribution in [2.24, 2.45) is 0 Å². The van der Waals surface area contributed by atoms with Crippen molar-refractivity contribution in [2.75, 3.05) is 18.8 Å². The quantitative estimate of drug-likeness (QED) is 0.889. The van der Waals surface area contributed by atoms with Gasteiger partial charge in [-0.05, 0) is 37.5 Å². The molecule has 1 aliphatic heterocycles. The van der Waals surface area contributed by atoms with Crippen LogP contribution >= 0.6 is 0 Å². The zero-order valence-corrected chi connectivity index (χ0v) is 11.1. The number of carbonyl (C=O) groups is 1. The van der Waals surface area contributed by atoms with Gasteiger partial charge in [-0.15, -0.1) is 0 Å². The van der Waals surface area contributed by atoms with Gasteiger partial charge in [0, 0.05) is 13.1 Å². The predicted octanol–water partition coefficient (Wildman–Crippen LogP) is 1.55. The van der Waals surface area contributed by atoms with Gasteiger partial charge in [0.05, 0.1) is 11.0 Å². The zero-order chi connectivity index (χ0) is 13.4. The van der Waals surface area contributed by atoms with Crippen molar-refractivity contribution in [3.63, 3.8) is 0 Å². The van der Waals surface area contributed by atoms with Crippen molar-refractivity contribution in [2.45, 2.75) is 26.3 Å². The number of nitrogens with two attached hydrogens (primary N) is 1. The van der Waals surface area contributed by atoms with Crippen LogP contribution in [0.5, 0.6) is 0 Å². The number of nitrogens with zero attached hydrogens (tertiary/aromatic N) is 3. The highest BCUT2D eigenvalue weighted by molar-refractivity contribution is 5.83. The molecule has 2 heterocycles. The number of benzene rings is 1. The van der Waals surface area contributed by atoms with E-state index in [0.29, 0.717) is 5.95 Å². The highest BCUT2D eigenvalue weighted by atomic mass is 16.2. The van der Waals surface area contributed by atoms with Gasteiger partial charge in [0.25, 0.3) is 0 Å². The van der Waals surface area contributed by atoms with E-state index in [2.05, 4.69) is 4.98 Å². The molecule has 1 aromatic carbocycles. The van der Waals surface area contributed by atoms with Crippen LogP contribution in [0.2, 0.25) is 0 Å². The zero-order valence-electron chi connectivity index (χ0n) is 11.1. The molecule has 1 fully saturated rings. The highest BCUT2D eigenvalue weighted by Crippen LogP contribution is 2.20. The van der Waals surface area contributed by atoms with Crippen LogP contribution in [0.1, 0.15) is 18.4 Å². The summed E-state index contributed by atoms with van der Waals surface area (Å²) < 4.78 is 1.81. The summed E-state index contributed by atoms with van der Waals surface area (Å²) in [6.45, 7) is 4.04. The maximum atomic E-state index is 12.2. The van der Waals surface area contributed by atoms with Crippen LogP contribution in [0, 0.1) is 6.92 Å². The number of imidazole rings is 1. The molecule has 0 saturated carbocycles. The van der Waals surface area contributed by atoms with E-state index in [1.165, 1.54) is 0 Å². The highest BCUT2D eigenvalue weighted by Gasteiger charge is 2.20. The molecule has 100 valence electrons. The number of hydrogen-bond acceptors (Lipinski definition) is 3. The number of aryl methyl sites for hydroxylation is 1. The summed E-state index contributed by atoms with van der Waals surface area (Å²) in [6, 6.07) is 5.97. The molecule has 0 unspecified atom stereocenters. The van der Waals surface area contributed by atoms with Crippen LogP contribution in [-0.2, 0) is 11.3 Å². The van der Waals surface area contributed by atoms with Crippen LogP contribution in [0.25, 0.3) is 11.0 Å². The number of nitrogen functional groups attached to an aromatic ring is 1. The monoisotopic (exact) mass is 258 g/mol. The number of rotatable bonds is 2. The second kappa shape index (κ2) is 4.57. The Bertz CT molecular complexity index is 626. The molecule has 5 heteroatoms. The Labute approximate surface area is 112 Å². The lowest BCUT2D eigenvalue weighted by Crippen LogP contribution is -2.31. The summed E-state index contributed by atoms with van der Waals surface area (Å²) >= 11 is 0. The first kappa shape index (κ1) is 12.0. The van der Waals surface area contributed by atoms with Crippen molar-refractivity contribution in [1.82, 2.24) is 14.5 Å². The number of fused-ring (bicyclic) bond motifs is 1. The second-order valence-electron chi connectivity index (χ2n) is 5.14. The minimum absolute atomic E-state index is 0.130. The summed E-state index contributed by atoms with van der Waals surface area (Å²) in [7, 11) is 0. The molecule has 1 saturated heterocycles. The number of carbonyl (C=O) groups excluding carboxylic acids is 1. The third-order valence-corrected chi connectivity index (χ3v) is 3.69. The van der Waals surface area contributed by atoms with E-state index in [4.69, 9.17) is 5.73 Å². The lowest BCUT2D eigenvalue weighted by Gasteiger charge is -2.16. The average Bonchev–Trinajstić information content (AvgIpc) is 2.99. The molecule has 5 nitrogen and oxygen atoms in total. The Hall–Kier alpha value is -2.04. The number of hydrogen-bond donors (Lipinski definition) is 1. The summed E-state index contributed by atoms with van der Waals surface area (Å²) in [5.74, 6) is 0.540. The number of anilines is 1. The molecule has 1 aliphatic rings. The maximum Gasteiger partial charge on any atom is 0.242 e. The van der Waals surface area contributed by atoms with Gasteiger partial charge < -0.3 is 15.2 Å². The molecule has 1 amide bonds. The third-order valence-electron chi connectivity index (χ3n) is 3.69. The van der Waals surface area contributed by atoms with Crippen molar-refractivity contribution in [3.8, 4) is 0 Å². The summed E-state index contributed by atoms with van der Waals surface area (Å²) in [5, 5.41) is 0. The summed E-state index contributed by atoms with van der Waals surface area (Å²) in [5.41, 5.74) is 8.85. The first-order chi connectivity index (χ1) is 9.15. The number of amides is 1. The minimum atomic E-state index is 0.130. The van der Waals surface area contributed by atoms with Crippen molar-refractivity contribution < 1.29 is 4.79 Å². The maximum absolute atomic E-state index is 12.2. The first-order valence-corrected chi connectivity index (χ1v) is 6.65. The van der Waals surface area contributed by atoms with Crippen molar-refractivity contribution >= 4 is 22.9 Å². The Kier molecular flexibility index (Phi) is 2.89. The van der Waals surface area contributed by atoms with Crippen molar-refractivity contribution in [1.29, 1.82) is 0 Å². The predicted molar refractivity (Wildman–Crippen MR) is 74.7 cm³/mol. The molecule has 2 N–H and O–H groups in total. The van der Waals surface area contributed by atoms with Gasteiger partial charge in [-0.25, -0.2) is 4.98 Å². The van der Waals surface area contributed by atoms with Gasteiger partial charge in [-0.3, -0.25) is 4.79 Å². The summed E-state index contributed by atoms with van der Waals surface area (Å²) in [6.07, 6.45) is 2.20. The largest absolute Gasteiger partial charge is 0.369 e. The van der Waals surface area contributed by atoms with E-state index in [9.17, 15) is 4.79 Å². The minimum Gasteiger partial charge on any atom is -0.369 e. The van der Waals surface area contributed by atoms with Gasteiger partial charge in [0.15, 0.2) is 0 Å². The molecule has 0 bridgehead atoms. The SMILES string of the molecule is Cc1ccc2nc(N)n(CC(=O)N3CCCC3)c2c1. The van der Waals surface area contributed by atoms with Crippen LogP contribution in [-0.4, -0.2) is 33.4 Å². The molecular formula is C14H18N4O. The van der Waals surface area contributed by atoms with Crippen LogP contribution in [0.3, 0.4) is 0 Å². The topological polar surface area (TPSA) is 64.1 Å². The van der Waals surface area contributed by atoms with Gasteiger partial charge in [-0.2, -0.15) is 0 Å². The Morgan fingerprint density at radius 1 is 1.37 bits per heavy atom. The normalized spacial score (nSPS) is 15.3. The molecule has 19 heavy (non-hydrogen) atoms. The standard InChI is InChI=1S/C14H18N4O/c1-10-4-5-11-12(8-10)18(14(15)16-11)9-13(19)17-6-2-3-7-17/h4-5,8H,2-3,6-7,9H2,1H3,(H2,15,16). The van der Waals surface area contributed by atoms with E-state index in [0.717, 1.165) is 42.5 Å². The first-order valence-electron chi connectivity index (χ1n) is 6.65. The lowest BCUT2D eigenvalue weighted by atomic mass is 10.2. The fraction of sp³-hybridized carbons (Fsp3) is 0.429. The molecule has 0 atom stereocenters. The van der Waals surface area contributed by atoms with Gasteiger partial charge in [-0.1, -0.05) is 6.07 Å². The van der Waals surface area contributed by atoms with E-state index in [1.54, 1.807) is 0 Å². The third kappa shape index (κ3) is 2.16. The Morgan fingerprint density at radius 3 is 2.84 bits per heavy atom. The van der Waals surface area contributed by atoms with E-state index >= 15 is 0 Å². The van der Waals surface area contributed by atoms with Crippen LogP contribution in [0.4, 0.5) is 5.95 Å². The van der Waals surface area contributed by atoms with E-state index < -0.39 is 0 Å². The Balaban J connectivity index is 1.93. The molecule has 0 aliphatic carbocycles. The van der Waals surface area contributed by atoms with Crippen molar-refractivity contribution in [3.05, 3.63) is 23.8 Å². The average molecular weight is 258 g/mol. The van der Waals surface area contributed by atoms with E-state index in [-0.39, 0.29) is 12.5 Å². The number of likely N-dealkylation sites (tertiary alicyclic amines) is 1. The molecule has 2 aromatic rings. The lowest BCUT2D eigenvalue weighted by molar-refractivity contribution is -0.130. The molecule has 1 aromatic heterocycles. The number of aromatic nitrogens is 2.